The normalized spacial score (nSPS) is 12.1. The van der Waals surface area contributed by atoms with Crippen LogP contribution in [-0.4, -0.2) is 25.0 Å². The number of ketones is 1. The SMILES string of the molecule is CCOC(=O)c1cc(OC(F)F)cc(C(Cl)C(C)=O)c1. The summed E-state index contributed by atoms with van der Waals surface area (Å²) < 4.78 is 33.5. The first-order valence-electron chi connectivity index (χ1n) is 5.76. The van der Waals surface area contributed by atoms with E-state index in [0.717, 1.165) is 6.07 Å². The highest BCUT2D eigenvalue weighted by Gasteiger charge is 2.19. The van der Waals surface area contributed by atoms with Gasteiger partial charge < -0.3 is 9.47 Å². The third-order valence-corrected chi connectivity index (χ3v) is 2.87. The average molecular weight is 307 g/mol. The molecule has 0 spiro atoms. The fourth-order valence-electron chi connectivity index (χ4n) is 1.51. The highest BCUT2D eigenvalue weighted by Crippen LogP contribution is 2.28. The van der Waals surface area contributed by atoms with Gasteiger partial charge in [0.1, 0.15) is 11.1 Å². The summed E-state index contributed by atoms with van der Waals surface area (Å²) in [5, 5.41) is -1.05. The van der Waals surface area contributed by atoms with Crippen LogP contribution in [-0.2, 0) is 9.53 Å². The lowest BCUT2D eigenvalue weighted by Gasteiger charge is -2.12. The largest absolute Gasteiger partial charge is 0.462 e. The van der Waals surface area contributed by atoms with Crippen molar-refractivity contribution in [1.82, 2.24) is 0 Å². The molecule has 1 rings (SSSR count). The molecule has 1 aromatic carbocycles. The molecular formula is C13H13ClF2O4. The monoisotopic (exact) mass is 306 g/mol. The van der Waals surface area contributed by atoms with Crippen molar-refractivity contribution in [2.75, 3.05) is 6.61 Å². The molecule has 0 radical (unpaired) electrons. The number of alkyl halides is 3. The molecule has 7 heteroatoms. The maximum atomic E-state index is 12.3. The van der Waals surface area contributed by atoms with Crippen LogP contribution in [0, 0.1) is 0 Å². The highest BCUT2D eigenvalue weighted by atomic mass is 35.5. The van der Waals surface area contributed by atoms with Crippen molar-refractivity contribution in [2.45, 2.75) is 25.8 Å². The quantitative estimate of drug-likeness (QED) is 0.597. The van der Waals surface area contributed by atoms with Crippen LogP contribution in [0.25, 0.3) is 0 Å². The molecule has 110 valence electrons. The van der Waals surface area contributed by atoms with E-state index in [9.17, 15) is 18.4 Å². The molecule has 0 saturated carbocycles. The third-order valence-electron chi connectivity index (χ3n) is 2.31. The van der Waals surface area contributed by atoms with E-state index in [4.69, 9.17) is 16.3 Å². The average Bonchev–Trinajstić information content (AvgIpc) is 2.36. The number of rotatable bonds is 6. The molecule has 0 aliphatic rings. The summed E-state index contributed by atoms with van der Waals surface area (Å²) in [6.07, 6.45) is 0. The molecule has 0 aliphatic carbocycles. The van der Waals surface area contributed by atoms with Crippen molar-refractivity contribution in [3.63, 3.8) is 0 Å². The lowest BCUT2D eigenvalue weighted by Crippen LogP contribution is -2.10. The van der Waals surface area contributed by atoms with E-state index in [0.29, 0.717) is 0 Å². The first-order valence-corrected chi connectivity index (χ1v) is 6.20. The van der Waals surface area contributed by atoms with Gasteiger partial charge in [0.2, 0.25) is 0 Å². The zero-order valence-electron chi connectivity index (χ0n) is 10.9. The van der Waals surface area contributed by atoms with Crippen LogP contribution in [0.2, 0.25) is 0 Å². The van der Waals surface area contributed by atoms with Crippen LogP contribution in [0.3, 0.4) is 0 Å². The fraction of sp³-hybridized carbons (Fsp3) is 0.385. The number of hydrogen-bond acceptors (Lipinski definition) is 4. The first kappa shape index (κ1) is 16.4. The lowest BCUT2D eigenvalue weighted by atomic mass is 10.1. The van der Waals surface area contributed by atoms with Gasteiger partial charge in [-0.15, -0.1) is 11.6 Å². The number of ether oxygens (including phenoxy) is 2. The third kappa shape index (κ3) is 4.45. The van der Waals surface area contributed by atoms with Gasteiger partial charge in [0.25, 0.3) is 0 Å². The van der Waals surface area contributed by atoms with Crippen molar-refractivity contribution in [3.8, 4) is 5.75 Å². The van der Waals surface area contributed by atoms with Crippen LogP contribution in [0.15, 0.2) is 18.2 Å². The fourth-order valence-corrected chi connectivity index (χ4v) is 1.63. The van der Waals surface area contributed by atoms with E-state index in [-0.39, 0.29) is 29.3 Å². The topological polar surface area (TPSA) is 52.6 Å². The Kier molecular flexibility index (Phi) is 5.88. The molecule has 1 unspecified atom stereocenters. The molecule has 4 nitrogen and oxygen atoms in total. The Hall–Kier alpha value is -1.69. The minimum absolute atomic E-state index is 0.00750. The first-order chi connectivity index (χ1) is 9.35. The Labute approximate surface area is 119 Å². The Morgan fingerprint density at radius 2 is 1.95 bits per heavy atom. The van der Waals surface area contributed by atoms with Gasteiger partial charge in [-0.25, -0.2) is 4.79 Å². The minimum atomic E-state index is -3.05. The second-order valence-corrected chi connectivity index (χ2v) is 4.30. The van der Waals surface area contributed by atoms with Gasteiger partial charge in [-0.1, -0.05) is 0 Å². The molecule has 20 heavy (non-hydrogen) atoms. The van der Waals surface area contributed by atoms with Gasteiger partial charge in [0.05, 0.1) is 12.2 Å². The zero-order chi connectivity index (χ0) is 15.3. The Balaban J connectivity index is 3.20. The minimum Gasteiger partial charge on any atom is -0.462 e. The maximum Gasteiger partial charge on any atom is 0.387 e. The summed E-state index contributed by atoms with van der Waals surface area (Å²) in [5.74, 6) is -1.34. The van der Waals surface area contributed by atoms with Gasteiger partial charge in [-0.3, -0.25) is 4.79 Å². The number of benzene rings is 1. The summed E-state index contributed by atoms with van der Waals surface area (Å²) in [7, 11) is 0. The Bertz CT molecular complexity index is 505. The molecule has 0 fully saturated rings. The lowest BCUT2D eigenvalue weighted by molar-refractivity contribution is -0.116. The number of esters is 1. The molecule has 0 N–H and O–H groups in total. The Morgan fingerprint density at radius 1 is 1.30 bits per heavy atom. The van der Waals surface area contributed by atoms with Crippen molar-refractivity contribution < 1.29 is 27.8 Å². The van der Waals surface area contributed by atoms with E-state index in [1.807, 2.05) is 0 Å². The van der Waals surface area contributed by atoms with Crippen LogP contribution in [0.5, 0.6) is 5.75 Å². The summed E-state index contributed by atoms with van der Waals surface area (Å²) in [4.78, 5) is 22.9. The summed E-state index contributed by atoms with van der Waals surface area (Å²) in [6.45, 7) is -0.0579. The molecule has 0 saturated heterocycles. The van der Waals surface area contributed by atoms with Crippen LogP contribution in [0.1, 0.15) is 35.1 Å². The maximum absolute atomic E-state index is 12.3. The van der Waals surface area contributed by atoms with Crippen molar-refractivity contribution in [3.05, 3.63) is 29.3 Å². The summed E-state index contributed by atoms with van der Waals surface area (Å²) >= 11 is 5.86. The smallest absolute Gasteiger partial charge is 0.387 e. The van der Waals surface area contributed by atoms with Gasteiger partial charge in [-0.05, 0) is 37.6 Å². The van der Waals surface area contributed by atoms with E-state index < -0.39 is 18.0 Å². The highest BCUT2D eigenvalue weighted by molar-refractivity contribution is 6.30. The number of hydrogen-bond donors (Lipinski definition) is 0. The van der Waals surface area contributed by atoms with Crippen LogP contribution < -0.4 is 4.74 Å². The van der Waals surface area contributed by atoms with Crippen molar-refractivity contribution >= 4 is 23.4 Å². The Morgan fingerprint density at radius 3 is 2.45 bits per heavy atom. The second-order valence-electron chi connectivity index (χ2n) is 3.86. The van der Waals surface area contributed by atoms with E-state index in [1.165, 1.54) is 19.1 Å². The van der Waals surface area contributed by atoms with Gasteiger partial charge >= 0.3 is 12.6 Å². The van der Waals surface area contributed by atoms with Crippen molar-refractivity contribution in [2.24, 2.45) is 0 Å². The number of carbonyl (C=O) groups excluding carboxylic acids is 2. The van der Waals surface area contributed by atoms with Crippen molar-refractivity contribution in [1.29, 1.82) is 0 Å². The molecule has 0 bridgehead atoms. The van der Waals surface area contributed by atoms with Gasteiger partial charge in [0, 0.05) is 0 Å². The molecule has 0 aliphatic heterocycles. The number of Topliss-reactive ketones (excluding diaryl/α,β-unsaturated/α-hetero) is 1. The summed E-state index contributed by atoms with van der Waals surface area (Å²) in [5.41, 5.74) is 0.187. The molecule has 1 aromatic rings. The molecule has 0 aromatic heterocycles. The van der Waals surface area contributed by atoms with Gasteiger partial charge in [0.15, 0.2) is 5.78 Å². The van der Waals surface area contributed by atoms with E-state index in [2.05, 4.69) is 4.74 Å². The van der Waals surface area contributed by atoms with E-state index >= 15 is 0 Å². The summed E-state index contributed by atoms with van der Waals surface area (Å²) in [6, 6.07) is 3.61. The van der Waals surface area contributed by atoms with Gasteiger partial charge in [-0.2, -0.15) is 8.78 Å². The van der Waals surface area contributed by atoms with Crippen LogP contribution >= 0.6 is 11.6 Å². The second kappa shape index (κ2) is 7.19. The standard InChI is InChI=1S/C13H13ClF2O4/c1-3-19-12(18)9-4-8(11(14)7(2)17)5-10(6-9)20-13(15)16/h4-6,11,13H,3H2,1-2H3. The molecule has 0 heterocycles. The number of carbonyl (C=O) groups is 2. The van der Waals surface area contributed by atoms with Crippen LogP contribution in [0.4, 0.5) is 8.78 Å². The van der Waals surface area contributed by atoms with E-state index in [1.54, 1.807) is 6.92 Å². The molecule has 0 amide bonds. The molecular weight excluding hydrogens is 294 g/mol. The predicted octanol–water partition coefficient (Wildman–Crippen LogP) is 3.33. The number of halogens is 3. The predicted molar refractivity (Wildman–Crippen MR) is 68.3 cm³/mol. The molecule has 1 atom stereocenters. The zero-order valence-corrected chi connectivity index (χ0v) is 11.6.